The molecule has 2 N–H and O–H groups in total. The number of nitrogens with one attached hydrogen (secondary N) is 1. The van der Waals surface area contributed by atoms with Crippen LogP contribution in [0.2, 0.25) is 0 Å². The smallest absolute Gasteiger partial charge is 0.122 e. The molecule has 1 aliphatic carbocycles. The Morgan fingerprint density at radius 3 is 2.11 bits per heavy atom. The van der Waals surface area contributed by atoms with Gasteiger partial charge in [0.1, 0.15) is 11.5 Å². The van der Waals surface area contributed by atoms with E-state index in [4.69, 9.17) is 9.47 Å². The molecule has 19 heavy (non-hydrogen) atoms. The molecule has 0 spiro atoms. The Balaban J connectivity index is 2.36. The van der Waals surface area contributed by atoms with Crippen LogP contribution in [-0.2, 0) is 12.8 Å². The lowest BCUT2D eigenvalue weighted by molar-refractivity contribution is 0.113. The molecule has 0 bridgehead atoms. The van der Waals surface area contributed by atoms with Gasteiger partial charge in [-0.05, 0) is 18.6 Å². The summed E-state index contributed by atoms with van der Waals surface area (Å²) in [6.45, 7) is 4.18. The highest BCUT2D eigenvalue weighted by atomic mass is 16.5. The summed E-state index contributed by atoms with van der Waals surface area (Å²) in [7, 11) is 3.34. The molecular formula is C15H23NO3. The molecule has 0 aliphatic heterocycles. The van der Waals surface area contributed by atoms with Crippen LogP contribution < -0.4 is 14.8 Å². The first-order valence-electron chi connectivity index (χ1n) is 6.73. The third kappa shape index (κ3) is 2.85. The Kier molecular flexibility index (Phi) is 4.32. The van der Waals surface area contributed by atoms with Gasteiger partial charge >= 0.3 is 0 Å². The molecule has 1 aromatic rings. The van der Waals surface area contributed by atoms with Gasteiger partial charge in [-0.2, -0.15) is 0 Å². The van der Waals surface area contributed by atoms with Crippen molar-refractivity contribution in [2.24, 2.45) is 0 Å². The lowest BCUT2D eigenvalue weighted by atomic mass is 9.84. The van der Waals surface area contributed by atoms with Crippen molar-refractivity contribution in [3.05, 3.63) is 23.3 Å². The number of hydrogen-bond acceptors (Lipinski definition) is 4. The van der Waals surface area contributed by atoms with Crippen LogP contribution in [0.1, 0.15) is 25.0 Å². The molecule has 1 aliphatic rings. The summed E-state index contributed by atoms with van der Waals surface area (Å²) < 4.78 is 10.8. The highest BCUT2D eigenvalue weighted by Gasteiger charge is 2.31. The first kappa shape index (κ1) is 14.2. The van der Waals surface area contributed by atoms with Gasteiger partial charge in [-0.15, -0.1) is 0 Å². The number of benzene rings is 1. The zero-order chi connectivity index (χ0) is 14.0. The first-order chi connectivity index (χ1) is 9.06. The normalized spacial score (nSPS) is 22.2. The summed E-state index contributed by atoms with van der Waals surface area (Å²) in [6, 6.07) is 4.24. The maximum Gasteiger partial charge on any atom is 0.122 e. The van der Waals surface area contributed by atoms with Crippen molar-refractivity contribution in [2.45, 2.75) is 44.9 Å². The second-order valence-electron chi connectivity index (χ2n) is 5.33. The van der Waals surface area contributed by atoms with Gasteiger partial charge < -0.3 is 19.9 Å². The molecule has 0 saturated carbocycles. The van der Waals surface area contributed by atoms with E-state index in [-0.39, 0.29) is 6.04 Å². The van der Waals surface area contributed by atoms with Crippen molar-refractivity contribution in [1.29, 1.82) is 0 Å². The number of methoxy groups -OCH3 is 2. The molecule has 106 valence electrons. The van der Waals surface area contributed by atoms with Gasteiger partial charge in [-0.25, -0.2) is 0 Å². The lowest BCUT2D eigenvalue weighted by Gasteiger charge is -2.33. The third-order valence-electron chi connectivity index (χ3n) is 3.63. The topological polar surface area (TPSA) is 50.7 Å². The molecule has 4 nitrogen and oxygen atoms in total. The summed E-state index contributed by atoms with van der Waals surface area (Å²) in [5.74, 6) is 1.70. The minimum Gasteiger partial charge on any atom is -0.496 e. The van der Waals surface area contributed by atoms with Gasteiger partial charge in [-0.1, -0.05) is 13.8 Å². The van der Waals surface area contributed by atoms with Crippen molar-refractivity contribution >= 4 is 0 Å². The van der Waals surface area contributed by atoms with Crippen LogP contribution in [-0.4, -0.2) is 37.5 Å². The number of ether oxygens (including phenoxy) is 2. The largest absolute Gasteiger partial charge is 0.496 e. The second-order valence-corrected chi connectivity index (χ2v) is 5.33. The zero-order valence-corrected chi connectivity index (χ0v) is 12.1. The number of aliphatic hydroxyl groups is 1. The van der Waals surface area contributed by atoms with Gasteiger partial charge in [0.25, 0.3) is 0 Å². The molecule has 2 rings (SSSR count). The van der Waals surface area contributed by atoms with Crippen LogP contribution >= 0.6 is 0 Å². The van der Waals surface area contributed by atoms with E-state index in [1.54, 1.807) is 14.2 Å². The van der Waals surface area contributed by atoms with Crippen molar-refractivity contribution in [2.75, 3.05) is 14.2 Å². The van der Waals surface area contributed by atoms with E-state index in [9.17, 15) is 5.11 Å². The molecule has 0 fully saturated rings. The minimum atomic E-state index is -0.393. The van der Waals surface area contributed by atoms with Crippen LogP contribution in [0, 0.1) is 0 Å². The predicted molar refractivity (Wildman–Crippen MR) is 75.0 cm³/mol. The van der Waals surface area contributed by atoms with E-state index in [2.05, 4.69) is 19.2 Å². The minimum absolute atomic E-state index is 0.0634. The molecule has 4 heteroatoms. The average molecular weight is 265 g/mol. The number of hydrogen-bond donors (Lipinski definition) is 2. The van der Waals surface area contributed by atoms with Crippen LogP contribution in [0.5, 0.6) is 11.5 Å². The highest BCUT2D eigenvalue weighted by molar-refractivity contribution is 5.51. The van der Waals surface area contributed by atoms with E-state index in [1.807, 2.05) is 12.1 Å². The predicted octanol–water partition coefficient (Wildman–Crippen LogP) is 1.53. The maximum absolute atomic E-state index is 10.3. The van der Waals surface area contributed by atoms with Gasteiger partial charge in [0.15, 0.2) is 0 Å². The van der Waals surface area contributed by atoms with E-state index in [0.29, 0.717) is 12.5 Å². The van der Waals surface area contributed by atoms with Crippen LogP contribution in [0.3, 0.4) is 0 Å². The maximum atomic E-state index is 10.3. The van der Waals surface area contributed by atoms with Crippen LogP contribution in [0.25, 0.3) is 0 Å². The zero-order valence-electron chi connectivity index (χ0n) is 12.1. The Labute approximate surface area is 114 Å². The number of aliphatic hydroxyl groups excluding tert-OH is 1. The fraction of sp³-hybridized carbons (Fsp3) is 0.600. The molecule has 0 aromatic heterocycles. The molecular weight excluding hydrogens is 242 g/mol. The Hall–Kier alpha value is -1.26. The van der Waals surface area contributed by atoms with E-state index in [0.717, 1.165) is 29.0 Å². The van der Waals surface area contributed by atoms with E-state index >= 15 is 0 Å². The Morgan fingerprint density at radius 1 is 1.11 bits per heavy atom. The van der Waals surface area contributed by atoms with Crippen molar-refractivity contribution < 1.29 is 14.6 Å². The Morgan fingerprint density at radius 2 is 1.63 bits per heavy atom. The number of fused-ring (bicyclic) bond motifs is 1. The third-order valence-corrected chi connectivity index (χ3v) is 3.63. The molecule has 0 saturated heterocycles. The monoisotopic (exact) mass is 265 g/mol. The van der Waals surface area contributed by atoms with Crippen molar-refractivity contribution in [1.82, 2.24) is 5.32 Å². The molecule has 2 atom stereocenters. The summed E-state index contributed by atoms with van der Waals surface area (Å²) in [5, 5.41) is 13.7. The second kappa shape index (κ2) is 5.80. The first-order valence-corrected chi connectivity index (χ1v) is 6.73. The average Bonchev–Trinajstić information content (AvgIpc) is 2.38. The van der Waals surface area contributed by atoms with E-state index < -0.39 is 6.10 Å². The Bertz CT molecular complexity index is 445. The standard InChI is InChI=1S/C15H23NO3/c1-9(2)16-12-7-10-11(8-13(12)17)15(19-4)6-5-14(10)18-3/h5-6,9,12-13,16-17H,7-8H2,1-4H3/t12-,13-/m1/s1. The SMILES string of the molecule is COc1ccc(OC)c2c1C[C@@H](O)[C@H](NC(C)C)C2. The summed E-state index contributed by atoms with van der Waals surface area (Å²) in [5.41, 5.74) is 2.21. The fourth-order valence-corrected chi connectivity index (χ4v) is 2.79. The van der Waals surface area contributed by atoms with Gasteiger partial charge in [0.2, 0.25) is 0 Å². The lowest BCUT2D eigenvalue weighted by Crippen LogP contribution is -2.48. The van der Waals surface area contributed by atoms with Crippen molar-refractivity contribution in [3.63, 3.8) is 0 Å². The molecule has 0 radical (unpaired) electrons. The molecule has 0 amide bonds. The fourth-order valence-electron chi connectivity index (χ4n) is 2.79. The molecule has 0 unspecified atom stereocenters. The quantitative estimate of drug-likeness (QED) is 0.867. The summed E-state index contributed by atoms with van der Waals surface area (Å²) in [4.78, 5) is 0. The summed E-state index contributed by atoms with van der Waals surface area (Å²) >= 11 is 0. The molecule has 1 aromatic carbocycles. The van der Waals surface area contributed by atoms with Gasteiger partial charge in [-0.3, -0.25) is 0 Å². The molecule has 0 heterocycles. The van der Waals surface area contributed by atoms with Crippen molar-refractivity contribution in [3.8, 4) is 11.5 Å². The van der Waals surface area contributed by atoms with Crippen LogP contribution in [0.15, 0.2) is 12.1 Å². The van der Waals surface area contributed by atoms with Gasteiger partial charge in [0.05, 0.1) is 20.3 Å². The van der Waals surface area contributed by atoms with Gasteiger partial charge in [0, 0.05) is 29.6 Å². The van der Waals surface area contributed by atoms with Crippen LogP contribution in [0.4, 0.5) is 0 Å². The summed E-state index contributed by atoms with van der Waals surface area (Å²) in [6.07, 6.45) is 0.964. The van der Waals surface area contributed by atoms with E-state index in [1.165, 1.54) is 0 Å². The highest BCUT2D eigenvalue weighted by Crippen LogP contribution is 2.36. The number of rotatable bonds is 4.